The Morgan fingerprint density at radius 2 is 1.92 bits per heavy atom. The second kappa shape index (κ2) is 3.41. The van der Waals surface area contributed by atoms with Gasteiger partial charge >= 0.3 is 0 Å². The average Bonchev–Trinajstić information content (AvgIpc) is 2.66. The maximum atomic E-state index is 11.1. The van der Waals surface area contributed by atoms with Crippen molar-refractivity contribution in [1.82, 2.24) is 0 Å². The van der Waals surface area contributed by atoms with Gasteiger partial charge in [0.15, 0.2) is 0 Å². The first kappa shape index (κ1) is 11.3. The van der Waals surface area contributed by atoms with Gasteiger partial charge in [0.25, 0.3) is 0 Å². The number of aliphatic hydroxyl groups excluding tert-OH is 1. The van der Waals surface area contributed by atoms with Crippen LogP contribution >= 0.6 is 10.7 Å². The highest BCUT2D eigenvalue weighted by molar-refractivity contribution is 8.15. The molecular formula is C8H15ClO3S. The molecule has 1 N–H and O–H groups in total. The SMILES string of the molecule is CC(C)C(O)CC1(S(=O)(=O)Cl)CC1. The molecule has 1 rings (SSSR count). The minimum absolute atomic E-state index is 0.0795. The standard InChI is InChI=1S/C8H15ClO3S/c1-6(2)7(10)5-8(3-4-8)13(9,11)12/h6-7,10H,3-5H2,1-2H3. The predicted molar refractivity (Wildman–Crippen MR) is 52.2 cm³/mol. The Morgan fingerprint density at radius 3 is 2.15 bits per heavy atom. The molecule has 78 valence electrons. The lowest BCUT2D eigenvalue weighted by atomic mass is 10.0. The predicted octanol–water partition coefficient (Wildman–Crippen LogP) is 1.49. The second-order valence-electron chi connectivity index (χ2n) is 4.14. The van der Waals surface area contributed by atoms with Crippen LogP contribution in [0.1, 0.15) is 33.1 Å². The second-order valence-corrected chi connectivity index (χ2v) is 7.10. The van der Waals surface area contributed by atoms with E-state index in [1.165, 1.54) is 0 Å². The van der Waals surface area contributed by atoms with Crippen molar-refractivity contribution >= 4 is 19.7 Å². The van der Waals surface area contributed by atoms with Gasteiger partial charge in [-0.25, -0.2) is 8.42 Å². The Hall–Kier alpha value is 0.200. The smallest absolute Gasteiger partial charge is 0.238 e. The van der Waals surface area contributed by atoms with Crippen molar-refractivity contribution in [3.05, 3.63) is 0 Å². The summed E-state index contributed by atoms with van der Waals surface area (Å²) in [7, 11) is 1.79. The molecule has 0 heterocycles. The Bertz CT molecular complexity index is 280. The number of aliphatic hydroxyl groups is 1. The molecule has 0 aromatic rings. The Morgan fingerprint density at radius 1 is 1.46 bits per heavy atom. The van der Waals surface area contributed by atoms with Gasteiger partial charge in [-0.3, -0.25) is 0 Å². The van der Waals surface area contributed by atoms with Gasteiger partial charge in [-0.2, -0.15) is 0 Å². The van der Waals surface area contributed by atoms with Crippen LogP contribution in [-0.2, 0) is 9.05 Å². The fourth-order valence-corrected chi connectivity index (χ4v) is 2.92. The van der Waals surface area contributed by atoms with Crippen molar-refractivity contribution in [3.63, 3.8) is 0 Å². The molecule has 0 saturated heterocycles. The molecule has 0 radical (unpaired) electrons. The first-order valence-corrected chi connectivity index (χ1v) is 6.72. The van der Waals surface area contributed by atoms with Gasteiger partial charge in [0.1, 0.15) is 0 Å². The van der Waals surface area contributed by atoms with E-state index in [1.54, 1.807) is 0 Å². The summed E-state index contributed by atoms with van der Waals surface area (Å²) in [5, 5.41) is 9.54. The fourth-order valence-electron chi connectivity index (χ4n) is 1.30. The average molecular weight is 227 g/mol. The van der Waals surface area contributed by atoms with Crippen LogP contribution in [0.4, 0.5) is 0 Å². The van der Waals surface area contributed by atoms with Crippen LogP contribution in [-0.4, -0.2) is 24.4 Å². The van der Waals surface area contributed by atoms with E-state index in [-0.39, 0.29) is 12.3 Å². The van der Waals surface area contributed by atoms with Gasteiger partial charge in [-0.1, -0.05) is 13.8 Å². The lowest BCUT2D eigenvalue weighted by Crippen LogP contribution is -2.27. The molecule has 1 fully saturated rings. The van der Waals surface area contributed by atoms with Crippen LogP contribution in [0, 0.1) is 5.92 Å². The third kappa shape index (κ3) is 2.36. The monoisotopic (exact) mass is 226 g/mol. The fraction of sp³-hybridized carbons (Fsp3) is 1.00. The first-order chi connectivity index (χ1) is 5.78. The lowest BCUT2D eigenvalue weighted by molar-refractivity contribution is 0.113. The van der Waals surface area contributed by atoms with E-state index in [0.29, 0.717) is 12.8 Å². The summed E-state index contributed by atoms with van der Waals surface area (Å²) in [5.74, 6) is 0.0795. The van der Waals surface area contributed by atoms with E-state index >= 15 is 0 Å². The summed E-state index contributed by atoms with van der Waals surface area (Å²) in [6.45, 7) is 3.73. The van der Waals surface area contributed by atoms with Crippen molar-refractivity contribution in [2.45, 2.75) is 44.0 Å². The number of rotatable bonds is 4. The largest absolute Gasteiger partial charge is 0.393 e. The summed E-state index contributed by atoms with van der Waals surface area (Å²) in [6, 6.07) is 0. The third-order valence-corrected chi connectivity index (χ3v) is 5.27. The molecule has 0 spiro atoms. The van der Waals surface area contributed by atoms with E-state index in [9.17, 15) is 13.5 Å². The first-order valence-electron chi connectivity index (χ1n) is 4.41. The zero-order valence-corrected chi connectivity index (χ0v) is 9.40. The van der Waals surface area contributed by atoms with Crippen molar-refractivity contribution in [2.75, 3.05) is 0 Å². The molecule has 0 aromatic heterocycles. The topological polar surface area (TPSA) is 54.4 Å². The quantitative estimate of drug-likeness (QED) is 0.740. The van der Waals surface area contributed by atoms with Crippen LogP contribution in [0.3, 0.4) is 0 Å². The van der Waals surface area contributed by atoms with Crippen LogP contribution in [0.25, 0.3) is 0 Å². The van der Waals surface area contributed by atoms with Gasteiger partial charge < -0.3 is 5.11 Å². The Labute approximate surface area is 83.5 Å². The molecule has 1 aliphatic rings. The number of hydrogen-bond donors (Lipinski definition) is 1. The van der Waals surface area contributed by atoms with Gasteiger partial charge in [0.2, 0.25) is 9.05 Å². The number of halogens is 1. The van der Waals surface area contributed by atoms with E-state index in [1.807, 2.05) is 13.8 Å². The summed E-state index contributed by atoms with van der Waals surface area (Å²) < 4.78 is 21.4. The molecular weight excluding hydrogens is 212 g/mol. The van der Waals surface area contributed by atoms with Crippen LogP contribution in [0.15, 0.2) is 0 Å². The molecule has 13 heavy (non-hydrogen) atoms. The third-order valence-electron chi connectivity index (χ3n) is 2.68. The highest BCUT2D eigenvalue weighted by Crippen LogP contribution is 2.49. The highest BCUT2D eigenvalue weighted by atomic mass is 35.7. The minimum atomic E-state index is -3.51. The zero-order chi connectivity index (χ0) is 10.3. The zero-order valence-electron chi connectivity index (χ0n) is 7.83. The van der Waals surface area contributed by atoms with E-state index in [4.69, 9.17) is 10.7 Å². The van der Waals surface area contributed by atoms with Gasteiger partial charge in [0.05, 0.1) is 10.9 Å². The minimum Gasteiger partial charge on any atom is -0.393 e. The lowest BCUT2D eigenvalue weighted by Gasteiger charge is -2.19. The maximum absolute atomic E-state index is 11.1. The summed E-state index contributed by atoms with van der Waals surface area (Å²) in [4.78, 5) is 0. The Kier molecular flexibility index (Phi) is 2.95. The summed E-state index contributed by atoms with van der Waals surface area (Å²) in [6.07, 6.45) is 0.873. The van der Waals surface area contributed by atoms with Gasteiger partial charge in [-0.15, -0.1) is 0 Å². The van der Waals surface area contributed by atoms with Crippen molar-refractivity contribution in [3.8, 4) is 0 Å². The summed E-state index contributed by atoms with van der Waals surface area (Å²) >= 11 is 0. The molecule has 0 bridgehead atoms. The van der Waals surface area contributed by atoms with Gasteiger partial charge in [0, 0.05) is 10.7 Å². The van der Waals surface area contributed by atoms with Crippen molar-refractivity contribution < 1.29 is 13.5 Å². The van der Waals surface area contributed by atoms with Crippen molar-refractivity contribution in [2.24, 2.45) is 5.92 Å². The molecule has 1 saturated carbocycles. The summed E-state index contributed by atoms with van der Waals surface area (Å²) in [5.41, 5.74) is 0. The van der Waals surface area contributed by atoms with E-state index < -0.39 is 19.9 Å². The van der Waals surface area contributed by atoms with Crippen LogP contribution in [0.5, 0.6) is 0 Å². The molecule has 0 aliphatic heterocycles. The Balaban J connectivity index is 2.65. The molecule has 0 amide bonds. The highest BCUT2D eigenvalue weighted by Gasteiger charge is 2.54. The normalized spacial score (nSPS) is 23.2. The molecule has 1 aliphatic carbocycles. The molecule has 5 heteroatoms. The van der Waals surface area contributed by atoms with E-state index in [2.05, 4.69) is 0 Å². The molecule has 3 nitrogen and oxygen atoms in total. The van der Waals surface area contributed by atoms with E-state index in [0.717, 1.165) is 0 Å². The molecule has 0 aromatic carbocycles. The number of hydrogen-bond acceptors (Lipinski definition) is 3. The van der Waals surface area contributed by atoms with Crippen LogP contribution in [0.2, 0.25) is 0 Å². The molecule has 1 atom stereocenters. The van der Waals surface area contributed by atoms with Crippen molar-refractivity contribution in [1.29, 1.82) is 0 Å². The molecule has 1 unspecified atom stereocenters. The van der Waals surface area contributed by atoms with Gasteiger partial charge in [-0.05, 0) is 25.2 Å². The van der Waals surface area contributed by atoms with Crippen LogP contribution < -0.4 is 0 Å². The maximum Gasteiger partial charge on any atom is 0.238 e.